The van der Waals surface area contributed by atoms with Crippen molar-refractivity contribution in [2.45, 2.75) is 18.7 Å². The lowest BCUT2D eigenvalue weighted by atomic mass is 10.2. The second kappa shape index (κ2) is 9.43. The molecule has 1 heterocycles. The molecule has 1 amide bonds. The van der Waals surface area contributed by atoms with Gasteiger partial charge in [-0.25, -0.2) is 22.3 Å². The summed E-state index contributed by atoms with van der Waals surface area (Å²) in [6, 6.07) is 10.7. The minimum absolute atomic E-state index is 0.0687. The van der Waals surface area contributed by atoms with E-state index in [-0.39, 0.29) is 21.8 Å². The van der Waals surface area contributed by atoms with Gasteiger partial charge >= 0.3 is 11.7 Å². The molecule has 2 N–H and O–H groups in total. The quantitative estimate of drug-likeness (QED) is 0.505. The van der Waals surface area contributed by atoms with Gasteiger partial charge in [0.2, 0.25) is 10.0 Å². The van der Waals surface area contributed by atoms with Crippen LogP contribution in [0.5, 0.6) is 0 Å². The number of imidazole rings is 1. The Hall–Kier alpha value is -3.70. The summed E-state index contributed by atoms with van der Waals surface area (Å²) in [5.41, 5.74) is 2.01. The zero-order valence-electron chi connectivity index (χ0n) is 18.6. The van der Waals surface area contributed by atoms with Gasteiger partial charge in [-0.15, -0.1) is 0 Å². The zero-order chi connectivity index (χ0) is 24.3. The molecule has 0 unspecified atom stereocenters. The van der Waals surface area contributed by atoms with Crippen molar-refractivity contribution in [1.82, 2.24) is 13.9 Å². The van der Waals surface area contributed by atoms with E-state index in [1.54, 1.807) is 44.3 Å². The molecule has 0 saturated carbocycles. The summed E-state index contributed by atoms with van der Waals surface area (Å²) in [6.07, 6.45) is 1.58. The molecule has 1 aromatic heterocycles. The summed E-state index contributed by atoms with van der Waals surface area (Å²) in [7, 11) is -0.839. The molecule has 3 rings (SSSR count). The lowest BCUT2D eigenvalue weighted by Crippen LogP contribution is -2.24. The van der Waals surface area contributed by atoms with Crippen molar-refractivity contribution >= 4 is 27.6 Å². The van der Waals surface area contributed by atoms with Crippen molar-refractivity contribution in [3.05, 3.63) is 76.0 Å². The number of rotatable bonds is 7. The van der Waals surface area contributed by atoms with E-state index in [1.807, 2.05) is 0 Å². The number of amides is 1. The largest absolute Gasteiger partial charge is 0.452 e. The summed E-state index contributed by atoms with van der Waals surface area (Å²) >= 11 is 0. The number of aromatic amines is 1. The number of hydrogen-bond acceptors (Lipinski definition) is 6. The smallest absolute Gasteiger partial charge is 0.338 e. The van der Waals surface area contributed by atoms with Crippen LogP contribution in [0.1, 0.15) is 21.6 Å². The highest BCUT2D eigenvalue weighted by molar-refractivity contribution is 7.89. The average molecular weight is 473 g/mol. The topological polar surface area (TPSA) is 131 Å². The number of nitrogens with zero attached hydrogens (tertiary/aromatic N) is 2. The maximum atomic E-state index is 12.4. The van der Waals surface area contributed by atoms with E-state index in [4.69, 9.17) is 4.74 Å². The van der Waals surface area contributed by atoms with Crippen LogP contribution in [0.2, 0.25) is 0 Å². The van der Waals surface area contributed by atoms with Gasteiger partial charge in [0.25, 0.3) is 5.91 Å². The maximum absolute atomic E-state index is 12.4. The van der Waals surface area contributed by atoms with Crippen molar-refractivity contribution in [2.24, 2.45) is 0 Å². The van der Waals surface area contributed by atoms with Gasteiger partial charge in [-0.2, -0.15) is 0 Å². The van der Waals surface area contributed by atoms with Crippen molar-refractivity contribution < 1.29 is 22.7 Å². The second-order valence-electron chi connectivity index (χ2n) is 7.51. The van der Waals surface area contributed by atoms with Crippen LogP contribution in [0.25, 0.3) is 5.69 Å². The van der Waals surface area contributed by atoms with Gasteiger partial charge in [-0.1, -0.05) is 6.07 Å². The minimum Gasteiger partial charge on any atom is -0.452 e. The van der Waals surface area contributed by atoms with Gasteiger partial charge in [0.15, 0.2) is 6.61 Å². The fraction of sp³-hybridized carbons (Fsp3) is 0.227. The molecule has 0 atom stereocenters. The Balaban J connectivity index is 1.63. The molecule has 10 nitrogen and oxygen atoms in total. The molecule has 33 heavy (non-hydrogen) atoms. The Kier molecular flexibility index (Phi) is 6.84. The summed E-state index contributed by atoms with van der Waals surface area (Å²) in [5.74, 6) is -1.33. The minimum atomic E-state index is -3.68. The van der Waals surface area contributed by atoms with E-state index >= 15 is 0 Å². The molecule has 0 saturated heterocycles. The Labute approximate surface area is 190 Å². The molecule has 0 aliphatic carbocycles. The monoisotopic (exact) mass is 472 g/mol. The van der Waals surface area contributed by atoms with Crippen LogP contribution in [0.4, 0.5) is 5.69 Å². The van der Waals surface area contributed by atoms with Gasteiger partial charge in [-0.3, -0.25) is 9.36 Å². The fourth-order valence-electron chi connectivity index (χ4n) is 3.09. The second-order valence-corrected chi connectivity index (χ2v) is 9.63. The molecular formula is C22H24N4O6S. The van der Waals surface area contributed by atoms with Crippen molar-refractivity contribution in [2.75, 3.05) is 26.0 Å². The molecule has 0 aliphatic rings. The van der Waals surface area contributed by atoms with Crippen LogP contribution in [-0.4, -0.2) is 54.9 Å². The SMILES string of the molecule is Cc1ccc(NC(=O)COC(=O)c2ccc(-n3c(C)c[nH]c3=O)cc2)cc1S(=O)(=O)N(C)C. The van der Waals surface area contributed by atoms with Gasteiger partial charge < -0.3 is 15.0 Å². The van der Waals surface area contributed by atoms with Crippen LogP contribution in [0, 0.1) is 13.8 Å². The van der Waals surface area contributed by atoms with Gasteiger partial charge in [0.1, 0.15) is 0 Å². The summed E-state index contributed by atoms with van der Waals surface area (Å²) in [5, 5.41) is 2.53. The molecule has 0 fully saturated rings. The number of nitrogens with one attached hydrogen (secondary N) is 2. The number of ether oxygens (including phenoxy) is 1. The average Bonchev–Trinajstić information content (AvgIpc) is 3.11. The molecule has 0 aliphatic heterocycles. The number of carbonyl (C=O) groups is 2. The molecular weight excluding hydrogens is 448 g/mol. The standard InChI is InChI=1S/C22H24N4O6S/c1-14-5-8-17(11-19(14)33(30,31)25(3)4)24-20(27)13-32-21(28)16-6-9-18(10-7-16)26-15(2)12-23-22(26)29/h5-12H,13H2,1-4H3,(H,23,29)(H,24,27). The number of aromatic nitrogens is 2. The molecule has 3 aromatic rings. The lowest BCUT2D eigenvalue weighted by molar-refractivity contribution is -0.119. The first-order valence-corrected chi connectivity index (χ1v) is 11.3. The van der Waals surface area contributed by atoms with E-state index in [0.29, 0.717) is 16.9 Å². The third-order valence-electron chi connectivity index (χ3n) is 4.89. The molecule has 11 heteroatoms. The van der Waals surface area contributed by atoms with Crippen LogP contribution < -0.4 is 11.0 Å². The highest BCUT2D eigenvalue weighted by Crippen LogP contribution is 2.22. The van der Waals surface area contributed by atoms with E-state index in [2.05, 4.69) is 10.3 Å². The number of esters is 1. The number of H-pyrrole nitrogens is 1. The third kappa shape index (κ3) is 5.21. The Morgan fingerprint density at radius 2 is 1.76 bits per heavy atom. The van der Waals surface area contributed by atoms with Crippen LogP contribution in [-0.2, 0) is 19.6 Å². The fourth-order valence-corrected chi connectivity index (χ4v) is 4.23. The summed E-state index contributed by atoms with van der Waals surface area (Å²) in [6.45, 7) is 2.87. The van der Waals surface area contributed by atoms with E-state index in [0.717, 1.165) is 4.31 Å². The first-order valence-electron chi connectivity index (χ1n) is 9.88. The maximum Gasteiger partial charge on any atom is 0.338 e. The zero-order valence-corrected chi connectivity index (χ0v) is 19.4. The molecule has 0 radical (unpaired) electrons. The Morgan fingerprint density at radius 1 is 1.09 bits per heavy atom. The Morgan fingerprint density at radius 3 is 2.33 bits per heavy atom. The van der Waals surface area contributed by atoms with Crippen molar-refractivity contribution in [1.29, 1.82) is 0 Å². The number of carbonyl (C=O) groups excluding carboxylic acids is 2. The summed E-state index contributed by atoms with van der Waals surface area (Å²) in [4.78, 5) is 39.0. The van der Waals surface area contributed by atoms with Gasteiger partial charge in [0, 0.05) is 31.7 Å². The van der Waals surface area contributed by atoms with Crippen molar-refractivity contribution in [3.8, 4) is 5.69 Å². The predicted octanol–water partition coefficient (Wildman–Crippen LogP) is 1.83. The normalized spacial score (nSPS) is 11.4. The third-order valence-corrected chi connectivity index (χ3v) is 6.84. The van der Waals surface area contributed by atoms with Gasteiger partial charge in [-0.05, 0) is 55.8 Å². The van der Waals surface area contributed by atoms with E-state index in [1.165, 1.54) is 36.9 Å². The van der Waals surface area contributed by atoms with Crippen LogP contribution in [0.15, 0.2) is 58.4 Å². The Bertz CT molecular complexity index is 1350. The molecule has 0 bridgehead atoms. The summed E-state index contributed by atoms with van der Waals surface area (Å²) < 4.78 is 32.4. The van der Waals surface area contributed by atoms with Gasteiger partial charge in [0.05, 0.1) is 16.1 Å². The molecule has 0 spiro atoms. The first kappa shape index (κ1) is 24.0. The number of sulfonamides is 1. The number of aryl methyl sites for hydroxylation is 2. The highest BCUT2D eigenvalue weighted by Gasteiger charge is 2.20. The van der Waals surface area contributed by atoms with Crippen LogP contribution in [0.3, 0.4) is 0 Å². The first-order chi connectivity index (χ1) is 15.5. The van der Waals surface area contributed by atoms with E-state index in [9.17, 15) is 22.8 Å². The highest BCUT2D eigenvalue weighted by atomic mass is 32.2. The predicted molar refractivity (Wildman–Crippen MR) is 122 cm³/mol. The molecule has 2 aromatic carbocycles. The van der Waals surface area contributed by atoms with Crippen LogP contribution >= 0.6 is 0 Å². The lowest BCUT2D eigenvalue weighted by Gasteiger charge is -2.15. The number of hydrogen-bond donors (Lipinski definition) is 2. The molecule has 174 valence electrons. The van der Waals surface area contributed by atoms with E-state index < -0.39 is 28.5 Å². The number of benzene rings is 2. The van der Waals surface area contributed by atoms with Crippen molar-refractivity contribution in [3.63, 3.8) is 0 Å². The number of anilines is 1.